The Kier molecular flexibility index (Phi) is 10.5. The number of benzene rings is 2. The number of rotatable bonds is 13. The van der Waals surface area contributed by atoms with Gasteiger partial charge in [0.05, 0.1) is 22.1 Å². The number of amides is 4. The van der Waals surface area contributed by atoms with Crippen LogP contribution in [-0.2, 0) is 40.0 Å². The number of nitrogens with zero attached hydrogens (tertiary/aromatic N) is 2. The number of carbonyl (C=O) groups excluding carboxylic acids is 6. The lowest BCUT2D eigenvalue weighted by Gasteiger charge is -2.47. The molecule has 1 atom stereocenters. The topological polar surface area (TPSA) is 189 Å². The van der Waals surface area contributed by atoms with Gasteiger partial charge in [0.15, 0.2) is 0 Å². The number of hydrogen-bond acceptors (Lipinski definition) is 11. The van der Waals surface area contributed by atoms with Crippen LogP contribution in [0, 0.1) is 16.2 Å². The second-order valence-corrected chi connectivity index (χ2v) is 15.5. The van der Waals surface area contributed by atoms with E-state index in [0.717, 1.165) is 28.2 Å². The first-order valence-electron chi connectivity index (χ1n) is 18.1. The summed E-state index contributed by atoms with van der Waals surface area (Å²) in [5, 5.41) is 25.3. The van der Waals surface area contributed by atoms with Gasteiger partial charge in [0.1, 0.15) is 18.6 Å². The van der Waals surface area contributed by atoms with Gasteiger partial charge in [-0.3, -0.25) is 28.8 Å². The van der Waals surface area contributed by atoms with Crippen LogP contribution >= 0.6 is 0 Å². The molecule has 1 unspecified atom stereocenters. The van der Waals surface area contributed by atoms with Crippen LogP contribution in [0.3, 0.4) is 0 Å². The zero-order chi connectivity index (χ0) is 40.6. The van der Waals surface area contributed by atoms with Crippen LogP contribution in [0.2, 0.25) is 0 Å². The van der Waals surface area contributed by atoms with Crippen molar-refractivity contribution in [2.75, 3.05) is 18.1 Å². The normalized spacial score (nSPS) is 19.2. The number of carbonyl (C=O) groups is 6. The molecule has 2 aromatic carbocycles. The Morgan fingerprint density at radius 1 is 0.839 bits per heavy atom. The average Bonchev–Trinajstić information content (AvgIpc) is 3.98. The molecule has 0 spiro atoms. The molecular formula is C41H43BN3O11-. The van der Waals surface area contributed by atoms with Gasteiger partial charge in [-0.1, -0.05) is 60.7 Å². The minimum absolute atomic E-state index is 0.0604. The van der Waals surface area contributed by atoms with E-state index in [0.29, 0.717) is 18.4 Å². The molecule has 6 rings (SSSR count). The molecule has 2 aromatic rings. The Labute approximate surface area is 323 Å². The summed E-state index contributed by atoms with van der Waals surface area (Å²) in [6.07, 6.45) is 14.6. The molecule has 56 heavy (non-hydrogen) atoms. The van der Waals surface area contributed by atoms with Crippen molar-refractivity contribution in [1.82, 2.24) is 10.3 Å². The third kappa shape index (κ3) is 7.34. The predicted octanol–water partition coefficient (Wildman–Crippen LogP) is 3.71. The van der Waals surface area contributed by atoms with Gasteiger partial charge in [-0.2, -0.15) is 0 Å². The molecule has 0 saturated carbocycles. The molecule has 2 aliphatic carbocycles. The zero-order valence-corrected chi connectivity index (χ0v) is 31.7. The number of hydrogen-bond donors (Lipinski definition) is 3. The molecule has 3 N–H and O–H groups in total. The van der Waals surface area contributed by atoms with Crippen molar-refractivity contribution in [2.24, 2.45) is 16.2 Å². The van der Waals surface area contributed by atoms with E-state index in [9.17, 15) is 39.0 Å². The molecule has 0 fully saturated rings. The lowest BCUT2D eigenvalue weighted by Crippen LogP contribution is -2.70. The van der Waals surface area contributed by atoms with E-state index >= 15 is 0 Å². The summed E-state index contributed by atoms with van der Waals surface area (Å²) in [5.74, 6) is -4.02. The van der Waals surface area contributed by atoms with Crippen molar-refractivity contribution in [1.29, 1.82) is 0 Å². The van der Waals surface area contributed by atoms with E-state index in [1.807, 2.05) is 36.5 Å². The minimum atomic E-state index is -3.63. The highest BCUT2D eigenvalue weighted by atomic mass is 16.6. The van der Waals surface area contributed by atoms with E-state index in [1.165, 1.54) is 49.4 Å². The second-order valence-electron chi connectivity index (χ2n) is 15.5. The van der Waals surface area contributed by atoms with Crippen molar-refractivity contribution in [3.05, 3.63) is 113 Å². The van der Waals surface area contributed by atoms with E-state index in [4.69, 9.17) is 14.1 Å². The largest absolute Gasteiger partial charge is 0.670 e. The van der Waals surface area contributed by atoms with Gasteiger partial charge in [-0.25, -0.2) is 4.90 Å². The lowest BCUT2D eigenvalue weighted by molar-refractivity contribution is -0.165. The summed E-state index contributed by atoms with van der Waals surface area (Å²) in [4.78, 5) is 79.5. The number of nitrogens with one attached hydrogen (secondary N) is 1. The van der Waals surface area contributed by atoms with E-state index in [1.54, 1.807) is 27.7 Å². The minimum Gasteiger partial charge on any atom is -0.670 e. The maximum atomic E-state index is 14.0. The molecule has 0 radical (unpaired) electrons. The number of ether oxygens (including phenoxy) is 2. The molecule has 292 valence electrons. The molecule has 0 saturated heterocycles. The van der Waals surface area contributed by atoms with Crippen LogP contribution in [0.25, 0.3) is 0 Å². The Hall–Kier alpha value is -6.06. The molecule has 14 nitrogen and oxygen atoms in total. The summed E-state index contributed by atoms with van der Waals surface area (Å²) in [6, 6.07) is 9.75. The lowest BCUT2D eigenvalue weighted by atomic mass is 9.62. The van der Waals surface area contributed by atoms with Gasteiger partial charge >= 0.3 is 18.6 Å². The fourth-order valence-electron chi connectivity index (χ4n) is 6.68. The van der Waals surface area contributed by atoms with Crippen LogP contribution in [-0.4, -0.2) is 70.7 Å². The smallest absolute Gasteiger partial charge is 0.454 e. The highest BCUT2D eigenvalue weighted by molar-refractivity contribution is 6.80. The van der Waals surface area contributed by atoms with Crippen molar-refractivity contribution < 1.29 is 53.1 Å². The highest BCUT2D eigenvalue weighted by Crippen LogP contribution is 2.36. The van der Waals surface area contributed by atoms with Crippen molar-refractivity contribution in [3.8, 4) is 5.75 Å². The van der Waals surface area contributed by atoms with Gasteiger partial charge in [-0.15, -0.1) is 5.46 Å². The van der Waals surface area contributed by atoms with E-state index in [-0.39, 0.29) is 34.0 Å². The van der Waals surface area contributed by atoms with E-state index < -0.39 is 71.7 Å². The van der Waals surface area contributed by atoms with Gasteiger partial charge in [0.25, 0.3) is 11.8 Å². The quantitative estimate of drug-likeness (QED) is 0.117. The summed E-state index contributed by atoms with van der Waals surface area (Å²) in [5.41, 5.74) is -1.48. The fourth-order valence-corrected chi connectivity index (χ4v) is 6.68. The molecule has 15 heteroatoms. The Morgan fingerprint density at radius 3 is 1.95 bits per heavy atom. The zero-order valence-electron chi connectivity index (χ0n) is 31.7. The maximum absolute atomic E-state index is 14.0. The summed E-state index contributed by atoms with van der Waals surface area (Å²) < 4.78 is 17.4. The third-order valence-corrected chi connectivity index (χ3v) is 10.7. The molecule has 4 aliphatic rings. The van der Waals surface area contributed by atoms with Crippen molar-refractivity contribution in [2.45, 2.75) is 54.0 Å². The maximum Gasteiger partial charge on any atom is 0.454 e. The summed E-state index contributed by atoms with van der Waals surface area (Å²) in [7, 11) is 0. The van der Waals surface area contributed by atoms with E-state index in [2.05, 4.69) is 5.32 Å². The molecule has 2 aliphatic heterocycles. The van der Waals surface area contributed by atoms with Crippen molar-refractivity contribution >= 4 is 53.4 Å². The average molecular weight is 765 g/mol. The van der Waals surface area contributed by atoms with Crippen molar-refractivity contribution in [3.63, 3.8) is 0 Å². The number of esters is 2. The van der Waals surface area contributed by atoms with Crippen LogP contribution in [0.1, 0.15) is 63.4 Å². The molecule has 4 amide bonds. The number of hydroxylamine groups is 1. The Bertz CT molecular complexity index is 2110. The Balaban J connectivity index is 1.19. The monoisotopic (exact) mass is 764 g/mol. The van der Waals surface area contributed by atoms with Crippen LogP contribution in [0.5, 0.6) is 5.75 Å². The SMILES string of the molecule is CC(COC(=O)C(C)(C)C1=CC=CC1)(COC(=O)C(C)(C)C1=CC=CC1)C(=O)NCc1ccc2c(c1)O[B-](O)(c1cccc(N3C(=O)C=CC3=O)c1)N(O)C2=O. The highest BCUT2D eigenvalue weighted by Gasteiger charge is 2.45. The van der Waals surface area contributed by atoms with Crippen LogP contribution in [0.15, 0.2) is 102 Å². The third-order valence-electron chi connectivity index (χ3n) is 10.7. The fraction of sp³-hybridized carbons (Fsp3) is 0.317. The standard InChI is InChI=1S/C41H43BN3O11/c1-39(2,27-11-6-7-12-27)37(50)54-24-41(5,25-55-38(51)40(3,4)28-13-8-9-14-28)36(49)43-23-26-17-18-31-32(21-26)56-42(52,45(53)35(31)48)29-15-10-16-30(22-29)44-33(46)19-20-34(44)47/h6-11,13,15-22,52-53H,12,14,23-25H2,1-5H3,(H,43,49)/q-1. The summed E-state index contributed by atoms with van der Waals surface area (Å²) in [6.45, 7) is 3.89. The van der Waals surface area contributed by atoms with Crippen LogP contribution < -0.4 is 20.3 Å². The first-order valence-corrected chi connectivity index (χ1v) is 18.1. The van der Waals surface area contributed by atoms with Gasteiger partial charge in [0.2, 0.25) is 11.8 Å². The number of allylic oxidation sites excluding steroid dienone is 6. The van der Waals surface area contributed by atoms with Crippen LogP contribution in [0.4, 0.5) is 5.69 Å². The first-order chi connectivity index (χ1) is 26.4. The van der Waals surface area contributed by atoms with Gasteiger partial charge in [-0.05, 0) is 82.4 Å². The van der Waals surface area contributed by atoms with Gasteiger partial charge < -0.3 is 34.7 Å². The summed E-state index contributed by atoms with van der Waals surface area (Å²) >= 11 is 0. The number of anilines is 1. The van der Waals surface area contributed by atoms with Gasteiger partial charge in [0, 0.05) is 24.4 Å². The molecule has 0 aromatic heterocycles. The molecule has 0 bridgehead atoms. The number of imide groups is 1. The first kappa shape index (κ1) is 39.6. The molecular weight excluding hydrogens is 721 g/mol. The predicted molar refractivity (Wildman–Crippen MR) is 204 cm³/mol. The Morgan fingerprint density at radius 2 is 1.41 bits per heavy atom. The second kappa shape index (κ2) is 14.9. The molecule has 2 heterocycles. The number of fused-ring (bicyclic) bond motifs is 1.